The zero-order chi connectivity index (χ0) is 13.7. The molecule has 6 nitrogen and oxygen atoms in total. The van der Waals surface area contributed by atoms with Crippen LogP contribution in [-0.4, -0.2) is 21.0 Å². The summed E-state index contributed by atoms with van der Waals surface area (Å²) in [6.07, 6.45) is 6.03. The van der Waals surface area contributed by atoms with Crippen LogP contribution in [0.15, 0.2) is 36.9 Å². The smallest absolute Gasteiger partial charge is 0.295 e. The molecule has 0 atom stereocenters. The highest BCUT2D eigenvalue weighted by Crippen LogP contribution is 2.24. The summed E-state index contributed by atoms with van der Waals surface area (Å²) < 4.78 is 14.9. The predicted molar refractivity (Wildman–Crippen MR) is 68.4 cm³/mol. The van der Waals surface area contributed by atoms with Gasteiger partial charge in [-0.05, 0) is 18.6 Å². The molecule has 0 bridgehead atoms. The van der Waals surface area contributed by atoms with E-state index in [0.29, 0.717) is 12.2 Å². The quantitative estimate of drug-likeness (QED) is 0.494. The van der Waals surface area contributed by atoms with Crippen molar-refractivity contribution in [3.63, 3.8) is 0 Å². The maximum Gasteiger partial charge on any atom is 0.295 e. The zero-order valence-electron chi connectivity index (χ0n) is 10.1. The summed E-state index contributed by atoms with van der Waals surface area (Å²) in [4.78, 5) is 14.1. The molecule has 0 unspecified atom stereocenters. The number of benzene rings is 1. The van der Waals surface area contributed by atoms with Crippen molar-refractivity contribution in [2.45, 2.75) is 13.0 Å². The molecule has 0 radical (unpaired) electrons. The molecule has 0 saturated carbocycles. The van der Waals surface area contributed by atoms with E-state index in [1.54, 1.807) is 12.5 Å². The molecule has 0 aliphatic carbocycles. The van der Waals surface area contributed by atoms with Crippen LogP contribution in [0.4, 0.5) is 15.8 Å². The number of rotatable bonds is 6. The summed E-state index contributed by atoms with van der Waals surface area (Å²) >= 11 is 0. The third kappa shape index (κ3) is 3.51. The fraction of sp³-hybridized carbons (Fsp3) is 0.250. The van der Waals surface area contributed by atoms with Gasteiger partial charge in [0.1, 0.15) is 11.5 Å². The van der Waals surface area contributed by atoms with Crippen LogP contribution in [0.3, 0.4) is 0 Å². The average molecular weight is 264 g/mol. The van der Waals surface area contributed by atoms with Gasteiger partial charge in [0, 0.05) is 25.5 Å². The van der Waals surface area contributed by atoms with Crippen molar-refractivity contribution in [3.8, 4) is 0 Å². The maximum absolute atomic E-state index is 12.9. The molecule has 19 heavy (non-hydrogen) atoms. The molecule has 1 heterocycles. The Bertz CT molecular complexity index is 557. The molecule has 100 valence electrons. The summed E-state index contributed by atoms with van der Waals surface area (Å²) in [5.74, 6) is -0.615. The Kier molecular flexibility index (Phi) is 4.07. The molecule has 0 amide bonds. The molecule has 0 aliphatic rings. The normalized spacial score (nSPS) is 10.4. The lowest BCUT2D eigenvalue weighted by atomic mass is 10.2. The third-order valence-corrected chi connectivity index (χ3v) is 2.62. The summed E-state index contributed by atoms with van der Waals surface area (Å²) in [6.45, 7) is 1.33. The first-order valence-electron chi connectivity index (χ1n) is 5.80. The van der Waals surface area contributed by atoms with Crippen molar-refractivity contribution in [1.82, 2.24) is 9.55 Å². The van der Waals surface area contributed by atoms with Crippen LogP contribution in [-0.2, 0) is 6.54 Å². The molecule has 2 aromatic rings. The van der Waals surface area contributed by atoms with Crippen molar-refractivity contribution in [2.24, 2.45) is 0 Å². The number of nitro groups is 1. The number of anilines is 1. The van der Waals surface area contributed by atoms with Gasteiger partial charge in [0.05, 0.1) is 17.3 Å². The van der Waals surface area contributed by atoms with E-state index in [-0.39, 0.29) is 5.69 Å². The lowest BCUT2D eigenvalue weighted by Gasteiger charge is -2.07. The Labute approximate surface area is 109 Å². The number of hydrogen-bond donors (Lipinski definition) is 1. The summed E-state index contributed by atoms with van der Waals surface area (Å²) in [5, 5.41) is 13.7. The standard InChI is InChI=1S/C12H13FN4O2/c13-10-2-3-11(12(8-10)17(18)19)15-4-1-6-16-7-5-14-9-16/h2-3,5,7-9,15H,1,4,6H2. The van der Waals surface area contributed by atoms with Gasteiger partial charge < -0.3 is 9.88 Å². The Morgan fingerprint density at radius 1 is 1.47 bits per heavy atom. The molecule has 7 heteroatoms. The van der Waals surface area contributed by atoms with Gasteiger partial charge in [-0.2, -0.15) is 0 Å². The van der Waals surface area contributed by atoms with Gasteiger partial charge in [0.2, 0.25) is 0 Å². The molecule has 1 N–H and O–H groups in total. The van der Waals surface area contributed by atoms with Crippen LogP contribution < -0.4 is 5.32 Å². The average Bonchev–Trinajstić information content (AvgIpc) is 2.89. The van der Waals surface area contributed by atoms with Crippen molar-refractivity contribution < 1.29 is 9.31 Å². The van der Waals surface area contributed by atoms with Gasteiger partial charge in [0.15, 0.2) is 0 Å². The highest BCUT2D eigenvalue weighted by Gasteiger charge is 2.14. The van der Waals surface area contributed by atoms with Crippen molar-refractivity contribution >= 4 is 11.4 Å². The molecule has 1 aromatic carbocycles. The number of hydrogen-bond acceptors (Lipinski definition) is 4. The Balaban J connectivity index is 1.90. The van der Waals surface area contributed by atoms with Gasteiger partial charge in [0.25, 0.3) is 5.69 Å². The van der Waals surface area contributed by atoms with Crippen molar-refractivity contribution in [1.29, 1.82) is 0 Å². The number of aromatic nitrogens is 2. The highest BCUT2D eigenvalue weighted by molar-refractivity contribution is 5.61. The van der Waals surface area contributed by atoms with E-state index in [9.17, 15) is 14.5 Å². The Morgan fingerprint density at radius 3 is 3.00 bits per heavy atom. The lowest BCUT2D eigenvalue weighted by Crippen LogP contribution is -2.07. The molecular formula is C12H13FN4O2. The second kappa shape index (κ2) is 5.94. The third-order valence-electron chi connectivity index (χ3n) is 2.62. The van der Waals surface area contributed by atoms with E-state index < -0.39 is 10.7 Å². The Morgan fingerprint density at radius 2 is 2.32 bits per heavy atom. The second-order valence-electron chi connectivity index (χ2n) is 4.00. The highest BCUT2D eigenvalue weighted by atomic mass is 19.1. The summed E-state index contributed by atoms with van der Waals surface area (Å²) in [6, 6.07) is 3.49. The van der Waals surface area contributed by atoms with Gasteiger partial charge in [-0.3, -0.25) is 10.1 Å². The van der Waals surface area contributed by atoms with Gasteiger partial charge >= 0.3 is 0 Å². The van der Waals surface area contributed by atoms with E-state index in [1.807, 2.05) is 10.8 Å². The largest absolute Gasteiger partial charge is 0.379 e. The van der Waals surface area contributed by atoms with Crippen molar-refractivity contribution in [3.05, 3.63) is 52.9 Å². The first-order valence-corrected chi connectivity index (χ1v) is 5.80. The number of halogens is 1. The monoisotopic (exact) mass is 264 g/mol. The number of imidazole rings is 1. The van der Waals surface area contributed by atoms with Crippen LogP contribution in [0.5, 0.6) is 0 Å². The van der Waals surface area contributed by atoms with Crippen LogP contribution in [0.1, 0.15) is 6.42 Å². The van der Waals surface area contributed by atoms with Crippen LogP contribution >= 0.6 is 0 Å². The molecule has 0 fully saturated rings. The van der Waals surface area contributed by atoms with E-state index in [1.165, 1.54) is 12.1 Å². The fourth-order valence-electron chi connectivity index (χ4n) is 1.71. The van der Waals surface area contributed by atoms with Crippen LogP contribution in [0.25, 0.3) is 0 Å². The first kappa shape index (κ1) is 13.0. The van der Waals surface area contributed by atoms with E-state index >= 15 is 0 Å². The number of nitro benzene ring substituents is 1. The Hall–Kier alpha value is -2.44. The topological polar surface area (TPSA) is 73.0 Å². The number of nitrogens with zero attached hydrogens (tertiary/aromatic N) is 3. The summed E-state index contributed by atoms with van der Waals surface area (Å²) in [7, 11) is 0. The minimum Gasteiger partial charge on any atom is -0.379 e. The number of nitrogens with one attached hydrogen (secondary N) is 1. The van der Waals surface area contributed by atoms with Crippen LogP contribution in [0.2, 0.25) is 0 Å². The van der Waals surface area contributed by atoms with Crippen molar-refractivity contribution in [2.75, 3.05) is 11.9 Å². The molecule has 0 spiro atoms. The minimum atomic E-state index is -0.615. The second-order valence-corrected chi connectivity index (χ2v) is 4.00. The first-order chi connectivity index (χ1) is 9.16. The van der Waals surface area contributed by atoms with Gasteiger partial charge in [-0.1, -0.05) is 0 Å². The molecule has 0 aliphatic heterocycles. The van der Waals surface area contributed by atoms with E-state index in [4.69, 9.17) is 0 Å². The maximum atomic E-state index is 12.9. The molecule has 2 rings (SSSR count). The number of aryl methyl sites for hydroxylation is 1. The van der Waals surface area contributed by atoms with Crippen LogP contribution in [0, 0.1) is 15.9 Å². The molecule has 1 aromatic heterocycles. The molecule has 0 saturated heterocycles. The minimum absolute atomic E-state index is 0.248. The SMILES string of the molecule is O=[N+]([O-])c1cc(F)ccc1NCCCn1ccnc1. The van der Waals surface area contributed by atoms with Gasteiger partial charge in [-0.15, -0.1) is 0 Å². The van der Waals surface area contributed by atoms with Gasteiger partial charge in [-0.25, -0.2) is 9.37 Å². The lowest BCUT2D eigenvalue weighted by molar-refractivity contribution is -0.384. The van der Waals surface area contributed by atoms with E-state index in [0.717, 1.165) is 19.0 Å². The summed E-state index contributed by atoms with van der Waals surface area (Å²) in [5.41, 5.74) is 0.0830. The predicted octanol–water partition coefficient (Wildman–Crippen LogP) is 2.43. The fourth-order valence-corrected chi connectivity index (χ4v) is 1.71. The zero-order valence-corrected chi connectivity index (χ0v) is 10.1. The molecular weight excluding hydrogens is 251 g/mol. The van der Waals surface area contributed by atoms with E-state index in [2.05, 4.69) is 10.3 Å².